The fourth-order valence-electron chi connectivity index (χ4n) is 5.34. The van der Waals surface area contributed by atoms with Crippen LogP contribution in [-0.4, -0.2) is 35.2 Å². The molecule has 1 aliphatic heterocycles. The van der Waals surface area contributed by atoms with Crippen LogP contribution in [0.4, 0.5) is 5.82 Å². The second-order valence-electron chi connectivity index (χ2n) is 11.2. The number of rotatable bonds is 9. The van der Waals surface area contributed by atoms with E-state index in [2.05, 4.69) is 33.9 Å². The lowest BCUT2D eigenvalue weighted by Crippen LogP contribution is -2.38. The second kappa shape index (κ2) is 22.6. The molecule has 0 bridgehead atoms. The van der Waals surface area contributed by atoms with E-state index < -0.39 is 0 Å². The molecular formula is C36H56ClN5O. The molecule has 2 heterocycles. The standard InChI is InChI=1S/C24H38N4O.C8H6ClN.2C2H6/c1-3-4-5-6-7-8-20-15-17-28(18-16-20)23-14-13-22(26-27-23)24(29)25-21-11-9-19(2)10-12-21;1-6-2-3-7(5-10)8(9)4-6;2*1-2/h3,13-14,19-21H,1,4-12,15-18H2,2H3,(H,25,29);2-4H,1H3;2*1-2H3. The van der Waals surface area contributed by atoms with Gasteiger partial charge in [-0.2, -0.15) is 5.26 Å². The Balaban J connectivity index is 0.000000552. The van der Waals surface area contributed by atoms with Crippen LogP contribution < -0.4 is 10.2 Å². The Kier molecular flexibility index (Phi) is 20.0. The molecule has 7 heteroatoms. The number of hydrogen-bond acceptors (Lipinski definition) is 5. The molecule has 1 aromatic heterocycles. The van der Waals surface area contributed by atoms with Crippen molar-refractivity contribution in [1.29, 1.82) is 5.26 Å². The first-order valence-electron chi connectivity index (χ1n) is 16.6. The lowest BCUT2D eigenvalue weighted by Gasteiger charge is -2.32. The molecule has 1 N–H and O–H groups in total. The Morgan fingerprint density at radius 3 is 2.26 bits per heavy atom. The van der Waals surface area contributed by atoms with Gasteiger partial charge in [0.1, 0.15) is 6.07 Å². The summed E-state index contributed by atoms with van der Waals surface area (Å²) in [6.07, 6.45) is 15.4. The van der Waals surface area contributed by atoms with Gasteiger partial charge in [0.05, 0.1) is 10.6 Å². The number of hydrogen-bond donors (Lipinski definition) is 1. The molecule has 1 saturated carbocycles. The topological polar surface area (TPSA) is 81.9 Å². The summed E-state index contributed by atoms with van der Waals surface area (Å²) in [4.78, 5) is 14.8. The highest BCUT2D eigenvalue weighted by atomic mass is 35.5. The van der Waals surface area contributed by atoms with Crippen molar-refractivity contribution in [3.63, 3.8) is 0 Å². The van der Waals surface area contributed by atoms with Crippen molar-refractivity contribution < 1.29 is 4.79 Å². The molecule has 0 spiro atoms. The van der Waals surface area contributed by atoms with Crippen molar-refractivity contribution in [1.82, 2.24) is 15.5 Å². The van der Waals surface area contributed by atoms with Crippen molar-refractivity contribution in [2.45, 2.75) is 118 Å². The maximum absolute atomic E-state index is 12.5. The second-order valence-corrected chi connectivity index (χ2v) is 11.6. The number of aryl methyl sites for hydroxylation is 1. The molecule has 0 atom stereocenters. The fraction of sp³-hybridized carbons (Fsp3) is 0.611. The summed E-state index contributed by atoms with van der Waals surface area (Å²) in [5, 5.41) is 20.7. The van der Waals surface area contributed by atoms with Crippen molar-refractivity contribution in [3.8, 4) is 6.07 Å². The number of nitriles is 1. The van der Waals surface area contributed by atoms with Crippen LogP contribution in [0.2, 0.25) is 5.02 Å². The van der Waals surface area contributed by atoms with Gasteiger partial charge >= 0.3 is 0 Å². The first-order chi connectivity index (χ1) is 20.9. The third-order valence-corrected chi connectivity index (χ3v) is 8.25. The van der Waals surface area contributed by atoms with Crippen LogP contribution in [0.25, 0.3) is 0 Å². The van der Waals surface area contributed by atoms with E-state index in [0.717, 1.165) is 55.6 Å². The summed E-state index contributed by atoms with van der Waals surface area (Å²) in [7, 11) is 0. The summed E-state index contributed by atoms with van der Waals surface area (Å²) in [5.41, 5.74) is 2.04. The molecule has 4 rings (SSSR count). The average Bonchev–Trinajstić information content (AvgIpc) is 3.05. The van der Waals surface area contributed by atoms with Gasteiger partial charge in [-0.05, 0) is 100.0 Å². The number of piperidine rings is 1. The number of carbonyl (C=O) groups excluding carboxylic acids is 1. The van der Waals surface area contributed by atoms with Gasteiger partial charge in [-0.15, -0.1) is 16.8 Å². The normalized spacial score (nSPS) is 17.9. The van der Waals surface area contributed by atoms with Gasteiger partial charge in [-0.3, -0.25) is 4.79 Å². The quantitative estimate of drug-likeness (QED) is 0.226. The van der Waals surface area contributed by atoms with E-state index in [-0.39, 0.29) is 11.9 Å². The summed E-state index contributed by atoms with van der Waals surface area (Å²) in [6, 6.07) is 11.4. The Hall–Kier alpha value is -2.91. The lowest BCUT2D eigenvalue weighted by atomic mass is 9.87. The van der Waals surface area contributed by atoms with Crippen LogP contribution in [0.1, 0.15) is 127 Å². The van der Waals surface area contributed by atoms with Crippen LogP contribution in [0, 0.1) is 30.1 Å². The molecule has 238 valence electrons. The van der Waals surface area contributed by atoms with Crippen molar-refractivity contribution in [2.24, 2.45) is 11.8 Å². The largest absolute Gasteiger partial charge is 0.355 e. The van der Waals surface area contributed by atoms with E-state index in [0.29, 0.717) is 16.3 Å². The molecule has 1 amide bonds. The molecule has 2 fully saturated rings. The maximum Gasteiger partial charge on any atom is 0.272 e. The zero-order valence-electron chi connectivity index (χ0n) is 27.7. The van der Waals surface area contributed by atoms with Crippen LogP contribution in [-0.2, 0) is 0 Å². The fourth-order valence-corrected chi connectivity index (χ4v) is 5.62. The Morgan fingerprint density at radius 2 is 1.70 bits per heavy atom. The number of benzene rings is 1. The molecular weight excluding hydrogens is 554 g/mol. The monoisotopic (exact) mass is 609 g/mol. The maximum atomic E-state index is 12.5. The number of aromatic nitrogens is 2. The smallest absolute Gasteiger partial charge is 0.272 e. The minimum Gasteiger partial charge on any atom is -0.355 e. The third kappa shape index (κ3) is 14.4. The van der Waals surface area contributed by atoms with Crippen LogP contribution in [0.3, 0.4) is 0 Å². The van der Waals surface area contributed by atoms with Crippen LogP contribution in [0.5, 0.6) is 0 Å². The zero-order valence-corrected chi connectivity index (χ0v) is 28.4. The van der Waals surface area contributed by atoms with Crippen molar-refractivity contribution >= 4 is 23.3 Å². The Bertz CT molecular complexity index is 1080. The van der Waals surface area contributed by atoms with E-state index in [9.17, 15) is 4.79 Å². The number of nitrogens with zero attached hydrogens (tertiary/aromatic N) is 4. The molecule has 2 aliphatic rings. The van der Waals surface area contributed by atoms with E-state index >= 15 is 0 Å². The number of amides is 1. The van der Waals surface area contributed by atoms with Gasteiger partial charge in [-0.25, -0.2) is 0 Å². The highest BCUT2D eigenvalue weighted by Crippen LogP contribution is 2.26. The van der Waals surface area contributed by atoms with Gasteiger partial charge in [0.15, 0.2) is 11.5 Å². The Morgan fingerprint density at radius 1 is 1.02 bits per heavy atom. The molecule has 2 aromatic rings. The average molecular weight is 610 g/mol. The summed E-state index contributed by atoms with van der Waals surface area (Å²) in [5.74, 6) is 2.44. The van der Waals surface area contributed by atoms with Gasteiger partial charge in [0.2, 0.25) is 0 Å². The number of nitrogens with one attached hydrogen (secondary N) is 1. The highest BCUT2D eigenvalue weighted by Gasteiger charge is 2.23. The van der Waals surface area contributed by atoms with Gasteiger partial charge in [0, 0.05) is 19.1 Å². The molecule has 1 saturated heterocycles. The Labute approximate surface area is 267 Å². The van der Waals surface area contributed by atoms with E-state index in [1.165, 1.54) is 51.4 Å². The molecule has 0 unspecified atom stereocenters. The van der Waals surface area contributed by atoms with Crippen LogP contribution >= 0.6 is 11.6 Å². The van der Waals surface area contributed by atoms with E-state index in [1.54, 1.807) is 12.1 Å². The number of allylic oxidation sites excluding steroid dienone is 1. The summed E-state index contributed by atoms with van der Waals surface area (Å²) in [6.45, 7) is 18.1. The molecule has 0 radical (unpaired) electrons. The predicted octanol–water partition coefficient (Wildman–Crippen LogP) is 9.71. The van der Waals surface area contributed by atoms with Crippen molar-refractivity contribution in [3.05, 3.63) is 64.8 Å². The van der Waals surface area contributed by atoms with Gasteiger partial charge in [-0.1, -0.05) is 77.6 Å². The van der Waals surface area contributed by atoms with Crippen LogP contribution in [0.15, 0.2) is 43.0 Å². The van der Waals surface area contributed by atoms with E-state index in [4.69, 9.17) is 16.9 Å². The minimum atomic E-state index is -0.0845. The predicted molar refractivity (Wildman–Crippen MR) is 183 cm³/mol. The summed E-state index contributed by atoms with van der Waals surface area (Å²) >= 11 is 5.71. The number of anilines is 1. The third-order valence-electron chi connectivity index (χ3n) is 7.94. The SMILES string of the molecule is C=CCCCCCC1CCN(c2ccc(C(=O)NC3CCC(C)CC3)nn2)CC1.CC.CC.Cc1ccc(C#N)c(Cl)c1. The van der Waals surface area contributed by atoms with Gasteiger partial charge in [0.25, 0.3) is 5.91 Å². The first-order valence-corrected chi connectivity index (χ1v) is 16.9. The molecule has 6 nitrogen and oxygen atoms in total. The van der Waals surface area contributed by atoms with Crippen molar-refractivity contribution in [2.75, 3.05) is 18.0 Å². The number of halogens is 1. The zero-order chi connectivity index (χ0) is 32.0. The molecule has 1 aliphatic carbocycles. The number of carbonyl (C=O) groups is 1. The minimum absolute atomic E-state index is 0.0845. The molecule has 43 heavy (non-hydrogen) atoms. The van der Waals surface area contributed by atoms with Gasteiger partial charge < -0.3 is 10.2 Å². The summed E-state index contributed by atoms with van der Waals surface area (Å²) < 4.78 is 0. The highest BCUT2D eigenvalue weighted by molar-refractivity contribution is 6.31. The number of unbranched alkanes of at least 4 members (excludes halogenated alkanes) is 3. The lowest BCUT2D eigenvalue weighted by molar-refractivity contribution is 0.0917. The molecule has 1 aromatic carbocycles. The first kappa shape index (κ1) is 38.1. The van der Waals surface area contributed by atoms with E-state index in [1.807, 2.05) is 65.0 Å².